The summed E-state index contributed by atoms with van der Waals surface area (Å²) in [6.45, 7) is 0. The fourth-order valence-corrected chi connectivity index (χ4v) is 1.78. The molecule has 0 aliphatic rings. The average molecular weight is 322 g/mol. The number of carbonyl (C=O) groups is 1. The van der Waals surface area contributed by atoms with Crippen LogP contribution in [0, 0.1) is 0 Å². The molecule has 0 aliphatic heterocycles. The quantitative estimate of drug-likeness (QED) is 0.877. The average Bonchev–Trinajstić information content (AvgIpc) is 2.52. The zero-order valence-electron chi connectivity index (χ0n) is 12.1. The molecule has 0 saturated heterocycles. The van der Waals surface area contributed by atoms with E-state index in [1.807, 2.05) is 0 Å². The van der Waals surface area contributed by atoms with Crippen LogP contribution in [0.15, 0.2) is 53.5 Å². The Kier molecular flexibility index (Phi) is 4.68. The topological polar surface area (TPSA) is 52.9 Å². The summed E-state index contributed by atoms with van der Waals surface area (Å²) in [4.78, 5) is 15.8. The summed E-state index contributed by atoms with van der Waals surface area (Å²) in [5, 5.41) is 9.17. The highest BCUT2D eigenvalue weighted by molar-refractivity contribution is 5.96. The molecule has 0 unspecified atom stereocenters. The van der Waals surface area contributed by atoms with Gasteiger partial charge in [-0.1, -0.05) is 0 Å². The largest absolute Gasteiger partial charge is 0.508 e. The molecule has 0 aliphatic carbocycles. The van der Waals surface area contributed by atoms with E-state index >= 15 is 0 Å². The van der Waals surface area contributed by atoms with E-state index in [2.05, 4.69) is 4.99 Å². The second-order valence-electron chi connectivity index (χ2n) is 4.73. The Morgan fingerprint density at radius 2 is 1.65 bits per heavy atom. The van der Waals surface area contributed by atoms with Crippen molar-refractivity contribution in [1.82, 2.24) is 0 Å². The number of hydrogen-bond acceptors (Lipinski definition) is 3. The van der Waals surface area contributed by atoms with Gasteiger partial charge in [-0.05, 0) is 54.1 Å². The van der Waals surface area contributed by atoms with E-state index in [1.54, 1.807) is 18.3 Å². The van der Waals surface area contributed by atoms with E-state index in [1.165, 1.54) is 36.4 Å². The van der Waals surface area contributed by atoms with Gasteiger partial charge in [-0.2, -0.15) is 13.2 Å². The molecule has 120 valence electrons. The number of nitrogens with zero attached hydrogens (tertiary/aromatic N) is 2. The van der Waals surface area contributed by atoms with E-state index in [0.29, 0.717) is 10.6 Å². The van der Waals surface area contributed by atoms with Gasteiger partial charge in [0.25, 0.3) is 0 Å². The monoisotopic (exact) mass is 322 g/mol. The van der Waals surface area contributed by atoms with E-state index in [9.17, 15) is 18.0 Å². The first-order chi connectivity index (χ1) is 10.8. The summed E-state index contributed by atoms with van der Waals surface area (Å²) in [6.07, 6.45) is -3.36. The summed E-state index contributed by atoms with van der Waals surface area (Å²) in [5.41, 5.74) is 1.40. The Balaban J connectivity index is 2.10. The summed E-state index contributed by atoms with van der Waals surface area (Å²) in [6, 6.07) is 12.1. The van der Waals surface area contributed by atoms with Crippen LogP contribution < -0.4 is 4.90 Å². The minimum atomic E-state index is -4.91. The van der Waals surface area contributed by atoms with E-state index in [-0.39, 0.29) is 11.4 Å². The van der Waals surface area contributed by atoms with Gasteiger partial charge in [-0.15, -0.1) is 0 Å². The van der Waals surface area contributed by atoms with Crippen LogP contribution in [0.2, 0.25) is 0 Å². The summed E-state index contributed by atoms with van der Waals surface area (Å²) in [7, 11) is 1.06. The molecule has 2 rings (SSSR count). The van der Waals surface area contributed by atoms with Gasteiger partial charge >= 0.3 is 12.1 Å². The van der Waals surface area contributed by atoms with Gasteiger partial charge in [0, 0.05) is 18.9 Å². The van der Waals surface area contributed by atoms with Gasteiger partial charge in [-0.25, -0.2) is 0 Å². The van der Waals surface area contributed by atoms with Gasteiger partial charge in [0.2, 0.25) is 0 Å². The van der Waals surface area contributed by atoms with Crippen LogP contribution >= 0.6 is 0 Å². The second-order valence-corrected chi connectivity index (χ2v) is 4.73. The van der Waals surface area contributed by atoms with Crippen molar-refractivity contribution in [1.29, 1.82) is 0 Å². The Labute approximate surface area is 130 Å². The minimum absolute atomic E-state index is 0.121. The Bertz CT molecular complexity index is 708. The number of aromatic hydroxyl groups is 1. The third-order valence-electron chi connectivity index (χ3n) is 3.04. The van der Waals surface area contributed by atoms with Crippen LogP contribution in [0.5, 0.6) is 5.75 Å². The molecule has 4 nitrogen and oxygen atoms in total. The highest BCUT2D eigenvalue weighted by Crippen LogP contribution is 2.24. The molecule has 2 aromatic rings. The van der Waals surface area contributed by atoms with Gasteiger partial charge in [0.05, 0.1) is 5.69 Å². The second kappa shape index (κ2) is 6.51. The van der Waals surface area contributed by atoms with Crippen LogP contribution in [0.25, 0.3) is 0 Å². The van der Waals surface area contributed by atoms with Crippen molar-refractivity contribution in [2.75, 3.05) is 11.9 Å². The first kappa shape index (κ1) is 16.5. The number of phenolic OH excluding ortho intramolecular Hbond substituents is 1. The van der Waals surface area contributed by atoms with Gasteiger partial charge in [-0.3, -0.25) is 9.79 Å². The number of rotatable bonds is 3. The molecule has 23 heavy (non-hydrogen) atoms. The standard InChI is InChI=1S/C16H13F3N2O2/c1-21(15(23)16(17,18)19)13-6-4-12(5-7-13)20-10-11-2-8-14(22)9-3-11/h2-10,22H,1H3. The van der Waals surface area contributed by atoms with Crippen molar-refractivity contribution in [2.24, 2.45) is 4.99 Å². The number of hydrogen-bond donors (Lipinski definition) is 1. The van der Waals surface area contributed by atoms with Crippen LogP contribution in [0.4, 0.5) is 24.5 Å². The Hall–Kier alpha value is -2.83. The minimum Gasteiger partial charge on any atom is -0.508 e. The van der Waals surface area contributed by atoms with Crippen molar-refractivity contribution in [2.45, 2.75) is 6.18 Å². The first-order valence-corrected chi connectivity index (χ1v) is 6.55. The number of carbonyl (C=O) groups excluding carboxylic acids is 1. The number of aliphatic imine (C=N–C) groups is 1. The number of phenols is 1. The van der Waals surface area contributed by atoms with Crippen LogP contribution in [0.1, 0.15) is 5.56 Å². The Morgan fingerprint density at radius 3 is 2.17 bits per heavy atom. The van der Waals surface area contributed by atoms with Crippen LogP contribution in [-0.2, 0) is 4.79 Å². The summed E-state index contributed by atoms with van der Waals surface area (Å²) in [5.74, 6) is -1.79. The number of amides is 1. The fraction of sp³-hybridized carbons (Fsp3) is 0.125. The zero-order chi connectivity index (χ0) is 17.0. The zero-order valence-corrected chi connectivity index (χ0v) is 12.1. The molecule has 1 N–H and O–H groups in total. The number of benzene rings is 2. The summed E-state index contributed by atoms with van der Waals surface area (Å²) >= 11 is 0. The van der Waals surface area contributed by atoms with Gasteiger partial charge in [0.15, 0.2) is 0 Å². The van der Waals surface area contributed by atoms with Crippen molar-refractivity contribution >= 4 is 23.5 Å². The lowest BCUT2D eigenvalue weighted by Gasteiger charge is -2.18. The van der Waals surface area contributed by atoms with Crippen molar-refractivity contribution in [3.05, 3.63) is 54.1 Å². The smallest absolute Gasteiger partial charge is 0.471 e. The van der Waals surface area contributed by atoms with Crippen molar-refractivity contribution in [3.8, 4) is 5.75 Å². The normalized spacial score (nSPS) is 11.7. The molecule has 7 heteroatoms. The molecule has 0 heterocycles. The predicted molar refractivity (Wildman–Crippen MR) is 81.3 cm³/mol. The highest BCUT2D eigenvalue weighted by atomic mass is 19.4. The van der Waals surface area contributed by atoms with Crippen LogP contribution in [-0.4, -0.2) is 30.5 Å². The molecule has 1 amide bonds. The molecule has 0 saturated carbocycles. The summed E-state index contributed by atoms with van der Waals surface area (Å²) < 4.78 is 37.1. The molecule has 0 fully saturated rings. The van der Waals surface area contributed by atoms with Crippen molar-refractivity contribution in [3.63, 3.8) is 0 Å². The molecular formula is C16H13F3N2O2. The SMILES string of the molecule is CN(C(=O)C(F)(F)F)c1ccc(N=Cc2ccc(O)cc2)cc1. The molecular weight excluding hydrogens is 309 g/mol. The lowest BCUT2D eigenvalue weighted by molar-refractivity contribution is -0.170. The number of anilines is 1. The van der Waals surface area contributed by atoms with Gasteiger partial charge < -0.3 is 10.0 Å². The number of halogens is 3. The maximum atomic E-state index is 12.4. The van der Waals surface area contributed by atoms with Crippen LogP contribution in [0.3, 0.4) is 0 Å². The lowest BCUT2D eigenvalue weighted by Crippen LogP contribution is -2.38. The van der Waals surface area contributed by atoms with Gasteiger partial charge in [0.1, 0.15) is 5.75 Å². The molecule has 2 aromatic carbocycles. The third kappa shape index (κ3) is 4.32. The molecule has 0 aromatic heterocycles. The maximum absolute atomic E-state index is 12.4. The highest BCUT2D eigenvalue weighted by Gasteiger charge is 2.41. The van der Waals surface area contributed by atoms with E-state index < -0.39 is 12.1 Å². The van der Waals surface area contributed by atoms with E-state index in [4.69, 9.17) is 5.11 Å². The van der Waals surface area contributed by atoms with Crippen molar-refractivity contribution < 1.29 is 23.1 Å². The molecule has 0 radical (unpaired) electrons. The van der Waals surface area contributed by atoms with E-state index in [0.717, 1.165) is 12.6 Å². The molecule has 0 spiro atoms. The molecule has 0 atom stereocenters. The fourth-order valence-electron chi connectivity index (χ4n) is 1.78. The predicted octanol–water partition coefficient (Wildman–Crippen LogP) is 3.67. The molecule has 0 bridgehead atoms. The third-order valence-corrected chi connectivity index (χ3v) is 3.04. The Morgan fingerprint density at radius 1 is 1.09 bits per heavy atom. The lowest BCUT2D eigenvalue weighted by atomic mass is 10.2. The first-order valence-electron chi connectivity index (χ1n) is 6.55. The number of alkyl halides is 3. The maximum Gasteiger partial charge on any atom is 0.471 e.